The van der Waals surface area contributed by atoms with Crippen LogP contribution in [0.15, 0.2) is 30.3 Å². The minimum atomic E-state index is -5.16. The SMILES string of the molecule is CC(C)(C)c1ccccc1.O=C(O)C([N+](=O)[O-])S(=O)(=O)O. The quantitative estimate of drug-likeness (QED) is 0.490. The van der Waals surface area contributed by atoms with Gasteiger partial charge in [0.05, 0.1) is 4.92 Å². The molecule has 9 heteroatoms. The van der Waals surface area contributed by atoms with Crippen molar-refractivity contribution in [2.24, 2.45) is 0 Å². The summed E-state index contributed by atoms with van der Waals surface area (Å²) in [6, 6.07) is 10.6. The maximum Gasteiger partial charge on any atom is 0.428 e. The maximum absolute atomic E-state index is 9.95. The van der Waals surface area contributed by atoms with Gasteiger partial charge in [-0.2, -0.15) is 8.42 Å². The Bertz CT molecular complexity index is 576. The highest BCUT2D eigenvalue weighted by Crippen LogP contribution is 2.20. The number of nitro groups is 1. The average molecular weight is 319 g/mol. The first kappa shape index (κ1) is 19.0. The van der Waals surface area contributed by atoms with Crippen molar-refractivity contribution in [3.05, 3.63) is 46.0 Å². The van der Waals surface area contributed by atoms with E-state index >= 15 is 0 Å². The molecule has 0 aromatic heterocycles. The molecule has 0 amide bonds. The molecule has 0 radical (unpaired) electrons. The van der Waals surface area contributed by atoms with Crippen molar-refractivity contribution in [2.45, 2.75) is 31.6 Å². The van der Waals surface area contributed by atoms with Crippen LogP contribution < -0.4 is 0 Å². The van der Waals surface area contributed by atoms with E-state index in [2.05, 4.69) is 51.1 Å². The standard InChI is InChI=1S/C10H14.C2H3NO7S/c1-10(2,3)9-7-5-4-6-8-9;4-2(5)1(3(6)7)11(8,9)10/h4-8H,1-3H3;1H,(H,4,5)(H,8,9,10). The lowest BCUT2D eigenvalue weighted by Crippen LogP contribution is -2.36. The van der Waals surface area contributed by atoms with Crippen LogP contribution in [0.25, 0.3) is 0 Å². The van der Waals surface area contributed by atoms with Gasteiger partial charge in [0.15, 0.2) is 0 Å². The van der Waals surface area contributed by atoms with E-state index in [0.717, 1.165) is 0 Å². The third kappa shape index (κ3) is 6.82. The summed E-state index contributed by atoms with van der Waals surface area (Å²) in [4.78, 5) is 17.9. The summed E-state index contributed by atoms with van der Waals surface area (Å²) in [6.45, 7) is 6.67. The zero-order valence-corrected chi connectivity index (χ0v) is 12.6. The van der Waals surface area contributed by atoms with Crippen molar-refractivity contribution in [1.82, 2.24) is 0 Å². The van der Waals surface area contributed by atoms with Gasteiger partial charge in [-0.15, -0.1) is 0 Å². The Morgan fingerprint density at radius 2 is 1.67 bits per heavy atom. The van der Waals surface area contributed by atoms with Gasteiger partial charge in [0, 0.05) is 0 Å². The van der Waals surface area contributed by atoms with Crippen LogP contribution in [0.3, 0.4) is 0 Å². The second-order valence-electron chi connectivity index (χ2n) is 5.11. The molecule has 1 aromatic carbocycles. The number of carbonyl (C=O) groups is 1. The molecule has 0 fully saturated rings. The maximum atomic E-state index is 9.95. The van der Waals surface area contributed by atoms with E-state index in [0.29, 0.717) is 5.41 Å². The Morgan fingerprint density at radius 3 is 1.81 bits per heavy atom. The number of rotatable bonds is 3. The molecule has 0 saturated heterocycles. The Kier molecular flexibility index (Phi) is 6.46. The molecule has 0 aliphatic rings. The smallest absolute Gasteiger partial charge is 0.428 e. The van der Waals surface area contributed by atoms with Crippen LogP contribution in [0.2, 0.25) is 0 Å². The summed E-state index contributed by atoms with van der Waals surface area (Å²) < 4.78 is 27.9. The number of hydrogen-bond donors (Lipinski definition) is 2. The Labute approximate surface area is 122 Å². The molecule has 1 aromatic rings. The van der Waals surface area contributed by atoms with Crippen molar-refractivity contribution >= 4 is 16.1 Å². The molecular formula is C12H17NO7S. The van der Waals surface area contributed by atoms with Gasteiger partial charge < -0.3 is 5.11 Å². The topological polar surface area (TPSA) is 135 Å². The number of benzene rings is 1. The highest BCUT2D eigenvalue weighted by molar-refractivity contribution is 7.87. The normalized spacial score (nSPS) is 12.8. The van der Waals surface area contributed by atoms with Crippen molar-refractivity contribution in [3.63, 3.8) is 0 Å². The van der Waals surface area contributed by atoms with E-state index < -0.39 is 26.4 Å². The van der Waals surface area contributed by atoms with Gasteiger partial charge in [0.2, 0.25) is 0 Å². The summed E-state index contributed by atoms with van der Waals surface area (Å²) >= 11 is 0. The van der Waals surface area contributed by atoms with Crippen LogP contribution in [-0.2, 0) is 20.3 Å². The number of hydrogen-bond acceptors (Lipinski definition) is 5. The van der Waals surface area contributed by atoms with E-state index in [9.17, 15) is 23.3 Å². The fraction of sp³-hybridized carbons (Fsp3) is 0.417. The van der Waals surface area contributed by atoms with Crippen LogP contribution in [0, 0.1) is 10.1 Å². The molecule has 8 nitrogen and oxygen atoms in total. The van der Waals surface area contributed by atoms with Crippen molar-refractivity contribution in [1.29, 1.82) is 0 Å². The second kappa shape index (κ2) is 7.14. The molecule has 0 aliphatic carbocycles. The van der Waals surface area contributed by atoms with Gasteiger partial charge in [-0.25, -0.2) is 4.79 Å². The van der Waals surface area contributed by atoms with Crippen LogP contribution >= 0.6 is 0 Å². The highest BCUT2D eigenvalue weighted by atomic mass is 32.2. The van der Waals surface area contributed by atoms with Gasteiger partial charge in [-0.1, -0.05) is 51.1 Å². The average Bonchev–Trinajstić information content (AvgIpc) is 2.26. The second-order valence-corrected chi connectivity index (χ2v) is 6.58. The summed E-state index contributed by atoms with van der Waals surface area (Å²) in [6.07, 6.45) is 0. The molecule has 0 heterocycles. The van der Waals surface area contributed by atoms with Gasteiger partial charge in [-0.05, 0) is 11.0 Å². The summed E-state index contributed by atoms with van der Waals surface area (Å²) in [5, 5.41) is 14.6. The summed E-state index contributed by atoms with van der Waals surface area (Å²) in [5.41, 5.74) is 1.69. The first-order chi connectivity index (χ1) is 9.37. The van der Waals surface area contributed by atoms with E-state index in [1.54, 1.807) is 0 Å². The number of carboxylic acid groups (broad SMARTS) is 1. The highest BCUT2D eigenvalue weighted by Gasteiger charge is 2.42. The zero-order valence-electron chi connectivity index (χ0n) is 11.8. The molecule has 21 heavy (non-hydrogen) atoms. The molecule has 2 N–H and O–H groups in total. The van der Waals surface area contributed by atoms with E-state index in [4.69, 9.17) is 9.66 Å². The zero-order chi connectivity index (χ0) is 16.8. The van der Waals surface area contributed by atoms with Crippen LogP contribution in [0.4, 0.5) is 0 Å². The monoisotopic (exact) mass is 319 g/mol. The van der Waals surface area contributed by atoms with Gasteiger partial charge in [0.1, 0.15) is 0 Å². The van der Waals surface area contributed by atoms with Crippen molar-refractivity contribution in [2.75, 3.05) is 0 Å². The fourth-order valence-electron chi connectivity index (χ4n) is 1.26. The minimum Gasteiger partial charge on any atom is -0.475 e. The Balaban J connectivity index is 0.000000382. The lowest BCUT2D eigenvalue weighted by Gasteiger charge is -2.18. The lowest BCUT2D eigenvalue weighted by molar-refractivity contribution is -0.487. The molecule has 0 aliphatic heterocycles. The van der Waals surface area contributed by atoms with Gasteiger partial charge in [0.25, 0.3) is 0 Å². The Hall–Kier alpha value is -2.00. The molecule has 1 unspecified atom stereocenters. The first-order valence-corrected chi connectivity index (χ1v) is 7.26. The van der Waals surface area contributed by atoms with Crippen LogP contribution in [-0.4, -0.2) is 34.3 Å². The predicted molar refractivity (Wildman–Crippen MR) is 75.1 cm³/mol. The molecule has 0 saturated carbocycles. The van der Waals surface area contributed by atoms with Crippen molar-refractivity contribution < 1.29 is 27.8 Å². The molecule has 1 rings (SSSR count). The minimum absolute atomic E-state index is 0.293. The van der Waals surface area contributed by atoms with Crippen LogP contribution in [0.5, 0.6) is 0 Å². The third-order valence-electron chi connectivity index (χ3n) is 2.32. The van der Waals surface area contributed by atoms with Gasteiger partial charge >= 0.3 is 21.5 Å². The molecule has 0 spiro atoms. The lowest BCUT2D eigenvalue weighted by atomic mass is 9.87. The van der Waals surface area contributed by atoms with Crippen molar-refractivity contribution in [3.8, 4) is 0 Å². The van der Waals surface area contributed by atoms with E-state index in [1.807, 2.05) is 0 Å². The molecular weight excluding hydrogens is 302 g/mol. The largest absolute Gasteiger partial charge is 0.475 e. The number of carboxylic acids is 1. The van der Waals surface area contributed by atoms with E-state index in [-0.39, 0.29) is 0 Å². The third-order valence-corrected chi connectivity index (χ3v) is 3.26. The summed E-state index contributed by atoms with van der Waals surface area (Å²) in [5.74, 6) is -2.22. The Morgan fingerprint density at radius 1 is 1.24 bits per heavy atom. The molecule has 1 atom stereocenters. The molecule has 118 valence electrons. The summed E-state index contributed by atoms with van der Waals surface area (Å²) in [7, 11) is -5.16. The fourth-order valence-corrected chi connectivity index (χ4v) is 1.74. The predicted octanol–water partition coefficient (Wildman–Crippen LogP) is 1.55. The van der Waals surface area contributed by atoms with Crippen LogP contribution in [0.1, 0.15) is 26.3 Å². The number of aliphatic carboxylic acids is 1. The molecule has 0 bridgehead atoms. The number of nitrogens with zero attached hydrogens (tertiary/aromatic N) is 1. The van der Waals surface area contributed by atoms with Gasteiger partial charge in [-0.3, -0.25) is 14.7 Å². The first-order valence-electron chi connectivity index (χ1n) is 5.75. The van der Waals surface area contributed by atoms with E-state index in [1.165, 1.54) is 5.56 Å².